The number of benzene rings is 1. The van der Waals surface area contributed by atoms with Gasteiger partial charge in [-0.2, -0.15) is 18.3 Å². The first-order valence-corrected chi connectivity index (χ1v) is 5.35. The van der Waals surface area contributed by atoms with E-state index in [1.165, 1.54) is 4.68 Å². The van der Waals surface area contributed by atoms with Gasteiger partial charge in [-0.1, -0.05) is 12.1 Å². The zero-order valence-electron chi connectivity index (χ0n) is 9.70. The van der Waals surface area contributed by atoms with E-state index in [0.717, 1.165) is 11.6 Å². The van der Waals surface area contributed by atoms with Crippen molar-refractivity contribution in [3.8, 4) is 5.69 Å². The second kappa shape index (κ2) is 4.45. The number of nitrogens with two attached hydrogens (primary N) is 1. The van der Waals surface area contributed by atoms with Crippen molar-refractivity contribution in [3.05, 3.63) is 47.3 Å². The molecule has 2 rings (SSSR count). The number of hydrogen-bond acceptors (Lipinski definition) is 2. The molecule has 0 aliphatic carbocycles. The predicted molar refractivity (Wildman–Crippen MR) is 61.2 cm³/mol. The highest BCUT2D eigenvalue weighted by molar-refractivity contribution is 5.37. The van der Waals surface area contributed by atoms with Gasteiger partial charge in [-0.15, -0.1) is 0 Å². The molecule has 1 aromatic carbocycles. The largest absolute Gasteiger partial charge is 0.435 e. The molecule has 0 aliphatic rings. The molecule has 0 unspecified atom stereocenters. The van der Waals surface area contributed by atoms with Crippen LogP contribution in [0.4, 0.5) is 13.2 Å². The van der Waals surface area contributed by atoms with E-state index in [1.807, 2.05) is 6.07 Å². The first-order valence-electron chi connectivity index (χ1n) is 5.35. The Morgan fingerprint density at radius 3 is 2.56 bits per heavy atom. The monoisotopic (exact) mass is 255 g/mol. The van der Waals surface area contributed by atoms with Crippen molar-refractivity contribution in [2.24, 2.45) is 5.73 Å². The fourth-order valence-electron chi connectivity index (χ4n) is 1.69. The molecule has 0 saturated heterocycles. The fraction of sp³-hybridized carbons (Fsp3) is 0.250. The lowest BCUT2D eigenvalue weighted by molar-refractivity contribution is -0.141. The summed E-state index contributed by atoms with van der Waals surface area (Å²) < 4.78 is 38.9. The number of aryl methyl sites for hydroxylation is 1. The van der Waals surface area contributed by atoms with Crippen LogP contribution in [-0.4, -0.2) is 9.78 Å². The van der Waals surface area contributed by atoms with Crippen LogP contribution in [-0.2, 0) is 12.7 Å². The summed E-state index contributed by atoms with van der Waals surface area (Å²) in [4.78, 5) is 0. The molecule has 1 heterocycles. The zero-order valence-corrected chi connectivity index (χ0v) is 9.70. The Morgan fingerprint density at radius 1 is 1.28 bits per heavy atom. The van der Waals surface area contributed by atoms with Gasteiger partial charge < -0.3 is 5.73 Å². The summed E-state index contributed by atoms with van der Waals surface area (Å²) in [6.07, 6.45) is -4.43. The highest BCUT2D eigenvalue weighted by Gasteiger charge is 2.34. The average molecular weight is 255 g/mol. The van der Waals surface area contributed by atoms with Crippen molar-refractivity contribution < 1.29 is 13.2 Å². The van der Waals surface area contributed by atoms with Crippen LogP contribution < -0.4 is 5.73 Å². The molecule has 96 valence electrons. The number of aromatic nitrogens is 2. The van der Waals surface area contributed by atoms with Crippen LogP contribution in [0.5, 0.6) is 0 Å². The summed E-state index contributed by atoms with van der Waals surface area (Å²) in [6, 6.07) is 7.99. The smallest absolute Gasteiger partial charge is 0.326 e. The second-order valence-electron chi connectivity index (χ2n) is 3.95. The quantitative estimate of drug-likeness (QED) is 0.896. The lowest BCUT2D eigenvalue weighted by atomic mass is 10.2. The predicted octanol–water partition coefficient (Wildman–Crippen LogP) is 2.66. The van der Waals surface area contributed by atoms with E-state index in [-0.39, 0.29) is 0 Å². The lowest BCUT2D eigenvalue weighted by Gasteiger charge is -2.06. The zero-order chi connectivity index (χ0) is 13.3. The minimum absolute atomic E-state index is 0.334. The number of halogens is 3. The van der Waals surface area contributed by atoms with Gasteiger partial charge in [-0.05, 0) is 30.7 Å². The molecule has 18 heavy (non-hydrogen) atoms. The third kappa shape index (κ3) is 2.38. The molecule has 0 aliphatic heterocycles. The molecule has 0 radical (unpaired) electrons. The molecule has 0 saturated carbocycles. The number of hydrogen-bond donors (Lipinski definition) is 1. The van der Waals surface area contributed by atoms with E-state index >= 15 is 0 Å². The highest BCUT2D eigenvalue weighted by atomic mass is 19.4. The molecular weight excluding hydrogens is 243 g/mol. The molecular formula is C12H12F3N3. The van der Waals surface area contributed by atoms with Gasteiger partial charge in [-0.25, -0.2) is 4.68 Å². The van der Waals surface area contributed by atoms with Crippen molar-refractivity contribution in [1.29, 1.82) is 0 Å². The molecule has 0 bridgehead atoms. The van der Waals surface area contributed by atoms with Crippen LogP contribution in [0.2, 0.25) is 0 Å². The first kappa shape index (κ1) is 12.6. The standard InChI is InChI=1S/C12H12F3N3/c1-8-5-11(12(13,14)15)17-18(8)10-4-2-3-9(6-10)7-16/h2-6H,7,16H2,1H3. The summed E-state index contributed by atoms with van der Waals surface area (Å²) in [5.41, 5.74) is 6.45. The van der Waals surface area contributed by atoms with E-state index in [0.29, 0.717) is 17.9 Å². The van der Waals surface area contributed by atoms with Crippen molar-refractivity contribution in [3.63, 3.8) is 0 Å². The van der Waals surface area contributed by atoms with Gasteiger partial charge in [0.1, 0.15) is 0 Å². The van der Waals surface area contributed by atoms with Crippen LogP contribution >= 0.6 is 0 Å². The Hall–Kier alpha value is -1.82. The third-order valence-electron chi connectivity index (χ3n) is 2.57. The number of alkyl halides is 3. The van der Waals surface area contributed by atoms with Crippen LogP contribution in [0.1, 0.15) is 17.0 Å². The maximum absolute atomic E-state index is 12.5. The Morgan fingerprint density at radius 2 is 2.00 bits per heavy atom. The molecule has 2 N–H and O–H groups in total. The van der Waals surface area contributed by atoms with Crippen molar-refractivity contribution in [2.75, 3.05) is 0 Å². The number of rotatable bonds is 2. The Bertz CT molecular complexity index is 558. The summed E-state index contributed by atoms with van der Waals surface area (Å²) in [7, 11) is 0. The molecule has 1 aromatic heterocycles. The summed E-state index contributed by atoms with van der Waals surface area (Å²) >= 11 is 0. The van der Waals surface area contributed by atoms with Gasteiger partial charge in [0, 0.05) is 12.2 Å². The average Bonchev–Trinajstić information content (AvgIpc) is 2.71. The van der Waals surface area contributed by atoms with Crippen molar-refractivity contribution in [2.45, 2.75) is 19.6 Å². The SMILES string of the molecule is Cc1cc(C(F)(F)F)nn1-c1cccc(CN)c1. The van der Waals surface area contributed by atoms with Crippen LogP contribution in [0.25, 0.3) is 5.69 Å². The maximum Gasteiger partial charge on any atom is 0.435 e. The van der Waals surface area contributed by atoms with Crippen LogP contribution in [0.3, 0.4) is 0 Å². The van der Waals surface area contributed by atoms with E-state index in [9.17, 15) is 13.2 Å². The maximum atomic E-state index is 12.5. The van der Waals surface area contributed by atoms with E-state index in [2.05, 4.69) is 5.10 Å². The van der Waals surface area contributed by atoms with Gasteiger partial charge in [0.05, 0.1) is 5.69 Å². The third-order valence-corrected chi connectivity index (χ3v) is 2.57. The molecule has 0 spiro atoms. The Kier molecular flexibility index (Phi) is 3.13. The first-order chi connectivity index (χ1) is 8.41. The molecule has 0 amide bonds. The van der Waals surface area contributed by atoms with E-state index < -0.39 is 11.9 Å². The summed E-state index contributed by atoms with van der Waals surface area (Å²) in [6.45, 7) is 1.91. The molecule has 2 aromatic rings. The van der Waals surface area contributed by atoms with Crippen LogP contribution in [0, 0.1) is 6.92 Å². The summed E-state index contributed by atoms with van der Waals surface area (Å²) in [5, 5.41) is 3.58. The highest BCUT2D eigenvalue weighted by Crippen LogP contribution is 2.29. The fourth-order valence-corrected chi connectivity index (χ4v) is 1.69. The van der Waals surface area contributed by atoms with Gasteiger partial charge in [0.2, 0.25) is 0 Å². The molecule has 6 heteroatoms. The Labute approximate surface area is 102 Å². The number of nitrogens with zero attached hydrogens (tertiary/aromatic N) is 2. The van der Waals surface area contributed by atoms with Crippen molar-refractivity contribution in [1.82, 2.24) is 9.78 Å². The minimum atomic E-state index is -4.43. The molecule has 3 nitrogen and oxygen atoms in total. The van der Waals surface area contributed by atoms with Crippen LogP contribution in [0.15, 0.2) is 30.3 Å². The van der Waals surface area contributed by atoms with Gasteiger partial charge in [-0.3, -0.25) is 0 Å². The lowest BCUT2D eigenvalue weighted by Crippen LogP contribution is -2.07. The van der Waals surface area contributed by atoms with E-state index in [1.54, 1.807) is 25.1 Å². The van der Waals surface area contributed by atoms with Crippen molar-refractivity contribution >= 4 is 0 Å². The van der Waals surface area contributed by atoms with Gasteiger partial charge in [0.15, 0.2) is 5.69 Å². The Balaban J connectivity index is 2.47. The molecule has 0 fully saturated rings. The minimum Gasteiger partial charge on any atom is -0.326 e. The topological polar surface area (TPSA) is 43.8 Å². The van der Waals surface area contributed by atoms with Gasteiger partial charge in [0.25, 0.3) is 0 Å². The normalized spacial score (nSPS) is 11.8. The molecule has 0 atom stereocenters. The second-order valence-corrected chi connectivity index (χ2v) is 3.95. The van der Waals surface area contributed by atoms with Gasteiger partial charge >= 0.3 is 6.18 Å². The summed E-state index contributed by atoms with van der Waals surface area (Å²) in [5.74, 6) is 0. The van der Waals surface area contributed by atoms with E-state index in [4.69, 9.17) is 5.73 Å².